The Hall–Kier alpha value is -1.71. The van der Waals surface area contributed by atoms with Crippen LogP contribution in [0, 0.1) is 17.0 Å². The summed E-state index contributed by atoms with van der Waals surface area (Å²) in [6.45, 7) is 5.58. The Kier molecular flexibility index (Phi) is 5.64. The highest BCUT2D eigenvalue weighted by Gasteiger charge is 2.22. The van der Waals surface area contributed by atoms with Crippen LogP contribution in [0.2, 0.25) is 0 Å². The van der Waals surface area contributed by atoms with Gasteiger partial charge in [0.25, 0.3) is 0 Å². The van der Waals surface area contributed by atoms with Gasteiger partial charge in [-0.25, -0.2) is 13.6 Å². The van der Waals surface area contributed by atoms with Crippen LogP contribution >= 0.6 is 0 Å². The summed E-state index contributed by atoms with van der Waals surface area (Å²) in [7, 11) is -4.03. The minimum absolute atomic E-state index is 0.0164. The molecule has 2 N–H and O–H groups in total. The van der Waals surface area contributed by atoms with Crippen molar-refractivity contribution in [2.75, 3.05) is 13.2 Å². The molecule has 118 valence electrons. The third kappa shape index (κ3) is 4.96. The molecule has 0 bridgehead atoms. The number of benzene rings is 1. The van der Waals surface area contributed by atoms with Crippen molar-refractivity contribution >= 4 is 15.7 Å². The van der Waals surface area contributed by atoms with Crippen LogP contribution in [0.4, 0.5) is 5.69 Å². The second-order valence-electron chi connectivity index (χ2n) is 4.66. The van der Waals surface area contributed by atoms with Crippen LogP contribution in [0.1, 0.15) is 19.4 Å². The van der Waals surface area contributed by atoms with Crippen molar-refractivity contribution in [1.82, 2.24) is 0 Å². The smallest absolute Gasteiger partial charge is 0.312 e. The van der Waals surface area contributed by atoms with E-state index in [1.54, 1.807) is 0 Å². The first-order valence-electron chi connectivity index (χ1n) is 6.19. The van der Waals surface area contributed by atoms with Crippen molar-refractivity contribution in [3.8, 4) is 5.75 Å². The van der Waals surface area contributed by atoms with Crippen LogP contribution in [0.25, 0.3) is 0 Å². The molecule has 0 aliphatic rings. The first kappa shape index (κ1) is 17.3. The predicted octanol–water partition coefficient (Wildman–Crippen LogP) is 1.35. The Labute approximate surface area is 123 Å². The number of nitrogens with zero attached hydrogens (tertiary/aromatic N) is 1. The molecule has 8 nitrogen and oxygen atoms in total. The molecule has 0 saturated heterocycles. The number of rotatable bonds is 7. The lowest BCUT2D eigenvalue weighted by Crippen LogP contribution is -2.15. The number of nitro groups is 1. The van der Waals surface area contributed by atoms with Gasteiger partial charge in [0.2, 0.25) is 10.0 Å². The molecule has 0 atom stereocenters. The van der Waals surface area contributed by atoms with Crippen LogP contribution in [0.15, 0.2) is 17.0 Å². The van der Waals surface area contributed by atoms with Crippen molar-refractivity contribution in [3.05, 3.63) is 27.8 Å². The van der Waals surface area contributed by atoms with E-state index < -0.39 is 20.6 Å². The van der Waals surface area contributed by atoms with Gasteiger partial charge in [-0.1, -0.05) is 0 Å². The highest BCUT2D eigenvalue weighted by Crippen LogP contribution is 2.32. The zero-order valence-corrected chi connectivity index (χ0v) is 12.8. The van der Waals surface area contributed by atoms with Crippen LogP contribution in [0.3, 0.4) is 0 Å². The van der Waals surface area contributed by atoms with Gasteiger partial charge in [0.15, 0.2) is 5.75 Å². The van der Waals surface area contributed by atoms with Gasteiger partial charge in [-0.3, -0.25) is 10.1 Å². The summed E-state index contributed by atoms with van der Waals surface area (Å²) >= 11 is 0. The number of nitrogens with two attached hydrogens (primary N) is 1. The van der Waals surface area contributed by atoms with Crippen LogP contribution in [-0.4, -0.2) is 32.7 Å². The van der Waals surface area contributed by atoms with Crippen molar-refractivity contribution in [2.24, 2.45) is 5.14 Å². The predicted molar refractivity (Wildman–Crippen MR) is 75.8 cm³/mol. The van der Waals surface area contributed by atoms with E-state index in [1.807, 2.05) is 13.8 Å². The molecule has 1 aromatic rings. The lowest BCUT2D eigenvalue weighted by molar-refractivity contribution is -0.386. The summed E-state index contributed by atoms with van der Waals surface area (Å²) in [5, 5.41) is 16.0. The highest BCUT2D eigenvalue weighted by molar-refractivity contribution is 7.89. The van der Waals surface area contributed by atoms with Crippen molar-refractivity contribution in [2.45, 2.75) is 31.8 Å². The molecule has 1 aromatic carbocycles. The normalized spacial score (nSPS) is 11.7. The Morgan fingerprint density at radius 2 is 1.95 bits per heavy atom. The Morgan fingerprint density at radius 1 is 1.33 bits per heavy atom. The summed E-state index contributed by atoms with van der Waals surface area (Å²) in [4.78, 5) is 10.0. The maximum atomic E-state index is 11.4. The number of ether oxygens (including phenoxy) is 2. The van der Waals surface area contributed by atoms with Crippen molar-refractivity contribution in [1.29, 1.82) is 0 Å². The molecular formula is C12H18N2O6S. The molecule has 9 heteroatoms. The molecule has 0 unspecified atom stereocenters. The summed E-state index contributed by atoms with van der Waals surface area (Å²) in [5.74, 6) is -0.0164. The average molecular weight is 318 g/mol. The van der Waals surface area contributed by atoms with Crippen LogP contribution < -0.4 is 9.88 Å². The molecule has 0 amide bonds. The molecule has 0 aliphatic carbocycles. The third-order valence-corrected chi connectivity index (χ3v) is 3.60. The van der Waals surface area contributed by atoms with E-state index in [0.717, 1.165) is 6.07 Å². The SMILES string of the molecule is Cc1cc(OCCOC(C)C)c([N+](=O)[O-])cc1S(N)(=O)=O. The first-order valence-corrected chi connectivity index (χ1v) is 7.73. The molecule has 0 heterocycles. The van der Waals surface area contributed by atoms with Crippen molar-refractivity contribution in [3.63, 3.8) is 0 Å². The minimum Gasteiger partial charge on any atom is -0.484 e. The zero-order valence-electron chi connectivity index (χ0n) is 12.0. The maximum Gasteiger partial charge on any atom is 0.312 e. The quantitative estimate of drug-likeness (QED) is 0.460. The zero-order chi connectivity index (χ0) is 16.2. The Bertz CT molecular complexity index is 627. The van der Waals surface area contributed by atoms with Gasteiger partial charge >= 0.3 is 5.69 Å². The van der Waals surface area contributed by atoms with Gasteiger partial charge in [-0.2, -0.15) is 0 Å². The second-order valence-corrected chi connectivity index (χ2v) is 6.19. The summed E-state index contributed by atoms with van der Waals surface area (Å²) < 4.78 is 33.3. The first-order chi connectivity index (χ1) is 9.62. The van der Waals surface area contributed by atoms with E-state index in [9.17, 15) is 18.5 Å². The fraction of sp³-hybridized carbons (Fsp3) is 0.500. The lowest BCUT2D eigenvalue weighted by atomic mass is 10.2. The fourth-order valence-electron chi connectivity index (χ4n) is 1.65. The van der Waals surface area contributed by atoms with E-state index in [1.165, 1.54) is 13.0 Å². The van der Waals surface area contributed by atoms with Gasteiger partial charge in [0.05, 0.1) is 22.5 Å². The minimum atomic E-state index is -4.03. The molecule has 0 radical (unpaired) electrons. The summed E-state index contributed by atoms with van der Waals surface area (Å²) in [5.41, 5.74) is -0.169. The van der Waals surface area contributed by atoms with Crippen molar-refractivity contribution < 1.29 is 22.8 Å². The number of primary sulfonamides is 1. The fourth-order valence-corrected chi connectivity index (χ4v) is 2.43. The van der Waals surface area contributed by atoms with Crippen LogP contribution in [0.5, 0.6) is 5.75 Å². The van der Waals surface area contributed by atoms with E-state index in [-0.39, 0.29) is 35.5 Å². The standard InChI is InChI=1S/C12H18N2O6S/c1-8(2)19-4-5-20-11-6-9(3)12(21(13,17)18)7-10(11)14(15)16/h6-8H,4-5H2,1-3H3,(H2,13,17,18). The highest BCUT2D eigenvalue weighted by atomic mass is 32.2. The van der Waals surface area contributed by atoms with Crippen LogP contribution in [-0.2, 0) is 14.8 Å². The second kappa shape index (κ2) is 6.83. The number of hydrogen-bond acceptors (Lipinski definition) is 6. The number of sulfonamides is 1. The third-order valence-electron chi connectivity index (χ3n) is 2.55. The largest absolute Gasteiger partial charge is 0.484 e. The van der Waals surface area contributed by atoms with E-state index in [2.05, 4.69) is 0 Å². The topological polar surface area (TPSA) is 122 Å². The molecular weight excluding hydrogens is 300 g/mol. The van der Waals surface area contributed by atoms with Gasteiger partial charge in [-0.15, -0.1) is 0 Å². The lowest BCUT2D eigenvalue weighted by Gasteiger charge is -2.11. The van der Waals surface area contributed by atoms with E-state index >= 15 is 0 Å². The Balaban J connectivity index is 3.04. The van der Waals surface area contributed by atoms with Gasteiger partial charge in [-0.05, 0) is 32.4 Å². The molecule has 21 heavy (non-hydrogen) atoms. The number of nitro benzene ring substituents is 1. The summed E-state index contributed by atoms with van der Waals surface area (Å²) in [6.07, 6.45) is 0.0232. The molecule has 0 saturated carbocycles. The molecule has 0 fully saturated rings. The average Bonchev–Trinajstić information content (AvgIpc) is 2.32. The van der Waals surface area contributed by atoms with Gasteiger partial charge < -0.3 is 9.47 Å². The molecule has 0 spiro atoms. The maximum absolute atomic E-state index is 11.4. The number of aryl methyl sites for hydroxylation is 1. The molecule has 0 aliphatic heterocycles. The van der Waals surface area contributed by atoms with E-state index in [4.69, 9.17) is 14.6 Å². The molecule has 0 aromatic heterocycles. The summed E-state index contributed by atoms with van der Waals surface area (Å²) in [6, 6.07) is 2.19. The monoisotopic (exact) mass is 318 g/mol. The Morgan fingerprint density at radius 3 is 2.43 bits per heavy atom. The molecule has 1 rings (SSSR count). The van der Waals surface area contributed by atoms with Gasteiger partial charge in [0.1, 0.15) is 6.61 Å². The van der Waals surface area contributed by atoms with E-state index in [0.29, 0.717) is 0 Å². The van der Waals surface area contributed by atoms with Gasteiger partial charge in [0, 0.05) is 6.07 Å². The number of hydrogen-bond donors (Lipinski definition) is 1.